The largest absolute Gasteiger partial charge is 0.488 e. The minimum Gasteiger partial charge on any atom is -0.358 e. The highest BCUT2D eigenvalue weighted by atomic mass is 32.3. The van der Waals surface area contributed by atoms with Gasteiger partial charge in [-0.05, 0) is 24.1 Å². The molecule has 0 aliphatic rings. The van der Waals surface area contributed by atoms with E-state index in [1.165, 1.54) is 12.1 Å². The fourth-order valence-electron chi connectivity index (χ4n) is 1.12. The fraction of sp³-hybridized carbons (Fsp3) is 0.455. The molecule has 0 aromatic heterocycles. The van der Waals surface area contributed by atoms with E-state index in [0.717, 1.165) is 18.4 Å². The van der Waals surface area contributed by atoms with Gasteiger partial charge in [-0.3, -0.25) is 0 Å². The summed E-state index contributed by atoms with van der Waals surface area (Å²) in [5.74, 6) is -0.00708. The van der Waals surface area contributed by atoms with Crippen LogP contribution in [0.25, 0.3) is 0 Å². The number of hydrogen-bond acceptors (Lipinski definition) is 3. The first kappa shape index (κ1) is 14.9. The van der Waals surface area contributed by atoms with Crippen molar-refractivity contribution < 1.29 is 16.5 Å². The Bertz CT molecular complexity index is 384. The second kappa shape index (κ2) is 7.22. The average Bonchev–Trinajstić information content (AvgIpc) is 2.22. The molecule has 5 heteroatoms. The van der Waals surface area contributed by atoms with Gasteiger partial charge >= 0.3 is 10.5 Å². The third kappa shape index (κ3) is 6.40. The molecule has 0 unspecified atom stereocenters. The van der Waals surface area contributed by atoms with E-state index < -0.39 is 10.5 Å². The van der Waals surface area contributed by atoms with Crippen LogP contribution in [0.15, 0.2) is 24.3 Å². The third-order valence-electron chi connectivity index (χ3n) is 1.66. The second-order valence-corrected chi connectivity index (χ2v) is 3.82. The number of benzene rings is 1. The summed E-state index contributed by atoms with van der Waals surface area (Å²) in [6.45, 7) is 6.04. The highest BCUT2D eigenvalue weighted by Gasteiger charge is 2.08. The second-order valence-electron chi connectivity index (χ2n) is 2.87. The van der Waals surface area contributed by atoms with Crippen LogP contribution in [0.1, 0.15) is 32.8 Å². The maximum Gasteiger partial charge on any atom is 0.488 e. The summed E-state index contributed by atoms with van der Waals surface area (Å²) < 4.78 is 36.4. The minimum atomic E-state index is -4.90. The standard InChI is InChI=1S/C9H11FO3S.C2H6/c1-2-3-8-4-6-9(7-5-8)13-14(10,11)12;1-2/h4-7H,2-3H2,1H3;1-2H3. The van der Waals surface area contributed by atoms with Crippen LogP contribution < -0.4 is 4.18 Å². The molecule has 0 heterocycles. The molecule has 1 aromatic rings. The molecule has 0 bridgehead atoms. The molecule has 0 saturated heterocycles. The molecule has 0 aliphatic carbocycles. The van der Waals surface area contributed by atoms with Crippen molar-refractivity contribution in [1.82, 2.24) is 0 Å². The van der Waals surface area contributed by atoms with Crippen molar-refractivity contribution in [2.45, 2.75) is 33.6 Å². The summed E-state index contributed by atoms with van der Waals surface area (Å²) in [5.41, 5.74) is 1.07. The van der Waals surface area contributed by atoms with Crippen LogP contribution >= 0.6 is 0 Å². The van der Waals surface area contributed by atoms with Crippen molar-refractivity contribution in [1.29, 1.82) is 0 Å². The van der Waals surface area contributed by atoms with Gasteiger partial charge in [-0.1, -0.05) is 43.2 Å². The third-order valence-corrected chi connectivity index (χ3v) is 2.05. The quantitative estimate of drug-likeness (QED) is 0.768. The molecule has 0 N–H and O–H groups in total. The van der Waals surface area contributed by atoms with Crippen LogP contribution in [0.5, 0.6) is 5.75 Å². The highest BCUT2D eigenvalue weighted by molar-refractivity contribution is 7.81. The van der Waals surface area contributed by atoms with Gasteiger partial charge in [0.15, 0.2) is 0 Å². The fourth-order valence-corrected chi connectivity index (χ4v) is 1.46. The van der Waals surface area contributed by atoms with Gasteiger partial charge in [0.2, 0.25) is 0 Å². The molecule has 0 radical (unpaired) electrons. The summed E-state index contributed by atoms with van der Waals surface area (Å²) in [6, 6.07) is 6.29. The van der Waals surface area contributed by atoms with Gasteiger partial charge in [-0.2, -0.15) is 8.42 Å². The Balaban J connectivity index is 0.00000106. The zero-order chi connectivity index (χ0) is 12.6. The Labute approximate surface area is 96.7 Å². The Hall–Kier alpha value is -1.10. The van der Waals surface area contributed by atoms with Crippen LogP contribution in [0.3, 0.4) is 0 Å². The van der Waals surface area contributed by atoms with Gasteiger partial charge in [0, 0.05) is 0 Å². The molecule has 1 aromatic carbocycles. The molecule has 0 aliphatic heterocycles. The first-order valence-corrected chi connectivity index (χ1v) is 6.55. The lowest BCUT2D eigenvalue weighted by Gasteiger charge is -2.01. The Morgan fingerprint density at radius 2 is 1.69 bits per heavy atom. The molecule has 3 nitrogen and oxygen atoms in total. The molecule has 0 spiro atoms. The summed E-state index contributed by atoms with van der Waals surface area (Å²) in [7, 11) is -4.90. The molecule has 0 atom stereocenters. The van der Waals surface area contributed by atoms with E-state index in [0.29, 0.717) is 0 Å². The number of aryl methyl sites for hydroxylation is 1. The number of halogens is 1. The molecule has 92 valence electrons. The summed E-state index contributed by atoms with van der Waals surface area (Å²) in [5, 5.41) is 0. The predicted octanol–water partition coefficient (Wildman–Crippen LogP) is 3.26. The lowest BCUT2D eigenvalue weighted by molar-refractivity contribution is 0.440. The summed E-state index contributed by atoms with van der Waals surface area (Å²) in [4.78, 5) is 0. The van der Waals surface area contributed by atoms with Crippen molar-refractivity contribution in [3.05, 3.63) is 29.8 Å². The molecule has 0 amide bonds. The van der Waals surface area contributed by atoms with Crippen LogP contribution in [-0.2, 0) is 16.9 Å². The van der Waals surface area contributed by atoms with E-state index in [9.17, 15) is 12.3 Å². The maximum atomic E-state index is 12.1. The smallest absolute Gasteiger partial charge is 0.358 e. The molecular weight excluding hydrogens is 231 g/mol. The zero-order valence-electron chi connectivity index (χ0n) is 9.73. The van der Waals surface area contributed by atoms with Crippen LogP contribution in [0.2, 0.25) is 0 Å². The van der Waals surface area contributed by atoms with E-state index in [4.69, 9.17) is 0 Å². The van der Waals surface area contributed by atoms with Crippen molar-refractivity contribution in [3.8, 4) is 5.75 Å². The van der Waals surface area contributed by atoms with Crippen molar-refractivity contribution in [2.24, 2.45) is 0 Å². The van der Waals surface area contributed by atoms with Crippen LogP contribution in [0, 0.1) is 0 Å². The SMILES string of the molecule is CC.CCCc1ccc(OS(=O)(=O)F)cc1. The Kier molecular flexibility index (Phi) is 6.72. The van der Waals surface area contributed by atoms with E-state index in [1.54, 1.807) is 12.1 Å². The first-order chi connectivity index (χ1) is 7.51. The topological polar surface area (TPSA) is 43.4 Å². The maximum absolute atomic E-state index is 12.1. The first-order valence-electron chi connectivity index (χ1n) is 5.24. The lowest BCUT2D eigenvalue weighted by atomic mass is 10.1. The molecule has 0 saturated carbocycles. The van der Waals surface area contributed by atoms with Crippen molar-refractivity contribution >= 4 is 10.5 Å². The molecule has 1 rings (SSSR count). The van der Waals surface area contributed by atoms with Gasteiger partial charge in [0.25, 0.3) is 0 Å². The van der Waals surface area contributed by atoms with Gasteiger partial charge in [-0.15, -0.1) is 0 Å². The van der Waals surface area contributed by atoms with E-state index in [2.05, 4.69) is 4.18 Å². The molecule has 0 fully saturated rings. The van der Waals surface area contributed by atoms with Gasteiger partial charge < -0.3 is 4.18 Å². The molecule has 16 heavy (non-hydrogen) atoms. The van der Waals surface area contributed by atoms with Crippen molar-refractivity contribution in [3.63, 3.8) is 0 Å². The van der Waals surface area contributed by atoms with E-state index >= 15 is 0 Å². The summed E-state index contributed by atoms with van der Waals surface area (Å²) in [6.07, 6.45) is 1.91. The number of rotatable bonds is 4. The van der Waals surface area contributed by atoms with Crippen LogP contribution in [-0.4, -0.2) is 8.42 Å². The monoisotopic (exact) mass is 248 g/mol. The average molecular weight is 248 g/mol. The minimum absolute atomic E-state index is 0.00708. The zero-order valence-corrected chi connectivity index (χ0v) is 10.6. The van der Waals surface area contributed by atoms with Crippen molar-refractivity contribution in [2.75, 3.05) is 0 Å². The predicted molar refractivity (Wildman–Crippen MR) is 62.4 cm³/mol. The van der Waals surface area contributed by atoms with Crippen LogP contribution in [0.4, 0.5) is 3.89 Å². The van der Waals surface area contributed by atoms with E-state index in [1.807, 2.05) is 20.8 Å². The Morgan fingerprint density at radius 1 is 1.19 bits per heavy atom. The van der Waals surface area contributed by atoms with Gasteiger partial charge in [0.05, 0.1) is 0 Å². The number of hydrogen-bond donors (Lipinski definition) is 0. The van der Waals surface area contributed by atoms with Gasteiger partial charge in [0.1, 0.15) is 5.75 Å². The molecular formula is C11H17FO3S. The summed E-state index contributed by atoms with van der Waals surface area (Å²) >= 11 is 0. The Morgan fingerprint density at radius 3 is 2.06 bits per heavy atom. The highest BCUT2D eigenvalue weighted by Crippen LogP contribution is 2.15. The van der Waals surface area contributed by atoms with E-state index in [-0.39, 0.29) is 5.75 Å². The van der Waals surface area contributed by atoms with Gasteiger partial charge in [-0.25, -0.2) is 0 Å². The lowest BCUT2D eigenvalue weighted by Crippen LogP contribution is -2.00. The normalized spacial score (nSPS) is 10.2.